The van der Waals surface area contributed by atoms with Gasteiger partial charge in [0.2, 0.25) is 0 Å². The van der Waals surface area contributed by atoms with E-state index < -0.39 is 21.4 Å². The lowest BCUT2D eigenvalue weighted by Gasteiger charge is -2.33. The van der Waals surface area contributed by atoms with Crippen LogP contribution >= 0.6 is 11.6 Å². The smallest absolute Gasteiger partial charge is 0.278 e. The molecule has 5 rings (SSSR count). The molecule has 2 aliphatic heterocycles. The molecule has 1 atom stereocenters. The number of oxime groups is 1. The second-order valence-corrected chi connectivity index (χ2v) is 13.4. The molecular formula is C29H32ClFN4O5S. The fourth-order valence-electron chi connectivity index (χ4n) is 5.43. The number of likely N-dealkylation sites (tertiary alicyclic amines) is 1. The molecule has 3 heterocycles. The number of nitrogens with two attached hydrogens (primary N) is 1. The van der Waals surface area contributed by atoms with Crippen molar-refractivity contribution in [2.24, 2.45) is 10.9 Å². The molecule has 0 saturated carbocycles. The van der Waals surface area contributed by atoms with E-state index in [4.69, 9.17) is 32.0 Å². The number of amidine groups is 1. The Kier molecular flexibility index (Phi) is 8.13. The van der Waals surface area contributed by atoms with Gasteiger partial charge in [-0.2, -0.15) is 0 Å². The van der Waals surface area contributed by atoms with Crippen LogP contribution in [0.2, 0.25) is 5.02 Å². The monoisotopic (exact) mass is 602 g/mol. The van der Waals surface area contributed by atoms with E-state index in [0.29, 0.717) is 40.9 Å². The highest BCUT2D eigenvalue weighted by Gasteiger charge is 2.43. The first-order chi connectivity index (χ1) is 19.5. The Bertz CT molecular complexity index is 1590. The van der Waals surface area contributed by atoms with Crippen LogP contribution < -0.4 is 15.2 Å². The normalized spacial score (nSPS) is 20.0. The first-order valence-corrected chi connectivity index (χ1v) is 15.7. The van der Waals surface area contributed by atoms with Crippen molar-refractivity contribution in [3.63, 3.8) is 0 Å². The highest BCUT2D eigenvalue weighted by molar-refractivity contribution is 7.90. The molecule has 0 aliphatic carbocycles. The quantitative estimate of drug-likeness (QED) is 0.166. The van der Waals surface area contributed by atoms with E-state index in [1.54, 1.807) is 31.2 Å². The Morgan fingerprint density at radius 2 is 1.98 bits per heavy atom. The molecule has 41 heavy (non-hydrogen) atoms. The number of aryl methyl sites for hydroxylation is 1. The third-order valence-electron chi connectivity index (χ3n) is 7.61. The number of aromatic nitrogens is 1. The third-order valence-corrected chi connectivity index (χ3v) is 8.79. The number of ether oxygens (including phenoxy) is 2. The van der Waals surface area contributed by atoms with Gasteiger partial charge in [-0.1, -0.05) is 35.0 Å². The van der Waals surface area contributed by atoms with Gasteiger partial charge in [0, 0.05) is 30.3 Å². The topological polar surface area (TPSA) is 127 Å². The van der Waals surface area contributed by atoms with Crippen LogP contribution in [0.15, 0.2) is 53.7 Å². The molecular weight excluding hydrogens is 571 g/mol. The molecule has 2 aliphatic rings. The maximum Gasteiger partial charge on any atom is 0.278 e. The van der Waals surface area contributed by atoms with E-state index in [-0.39, 0.29) is 23.1 Å². The van der Waals surface area contributed by atoms with Crippen LogP contribution in [0.4, 0.5) is 4.39 Å². The van der Waals surface area contributed by atoms with E-state index in [0.717, 1.165) is 37.1 Å². The van der Waals surface area contributed by atoms with Crippen molar-refractivity contribution in [2.75, 3.05) is 25.1 Å². The minimum absolute atomic E-state index is 0.00665. The average Bonchev–Trinajstić information content (AvgIpc) is 3.29. The zero-order valence-electron chi connectivity index (χ0n) is 22.8. The van der Waals surface area contributed by atoms with Gasteiger partial charge in [-0.05, 0) is 74.2 Å². The minimum Gasteiger partial charge on any atom is -0.444 e. The molecule has 9 nitrogen and oxygen atoms in total. The SMILES string of the molecule is CC1(c2ccc(Cl)cc2F)Oc2cccc(C3CCN(Cc4nc(C(N)=NO)ccc4CCS(C)(=O)=O)CC3)c2O1. The summed E-state index contributed by atoms with van der Waals surface area (Å²) < 4.78 is 50.8. The number of benzene rings is 2. The van der Waals surface area contributed by atoms with Crippen LogP contribution in [0.1, 0.15) is 53.8 Å². The Morgan fingerprint density at radius 3 is 2.66 bits per heavy atom. The Balaban J connectivity index is 1.30. The molecule has 1 unspecified atom stereocenters. The maximum absolute atomic E-state index is 14.8. The van der Waals surface area contributed by atoms with Gasteiger partial charge >= 0.3 is 0 Å². The molecule has 0 spiro atoms. The summed E-state index contributed by atoms with van der Waals surface area (Å²) >= 11 is 5.94. The third kappa shape index (κ3) is 6.42. The van der Waals surface area contributed by atoms with Gasteiger partial charge in [-0.15, -0.1) is 0 Å². The van der Waals surface area contributed by atoms with E-state index in [2.05, 4.69) is 15.0 Å². The first-order valence-electron chi connectivity index (χ1n) is 13.3. The van der Waals surface area contributed by atoms with Crippen molar-refractivity contribution >= 4 is 27.3 Å². The number of hydrogen-bond donors (Lipinski definition) is 2. The number of pyridine rings is 1. The number of rotatable bonds is 8. The molecule has 218 valence electrons. The van der Waals surface area contributed by atoms with Gasteiger partial charge in [0.15, 0.2) is 17.3 Å². The summed E-state index contributed by atoms with van der Waals surface area (Å²) in [5.41, 5.74) is 8.90. The van der Waals surface area contributed by atoms with Crippen molar-refractivity contribution in [3.05, 3.63) is 87.4 Å². The molecule has 2 aromatic carbocycles. The minimum atomic E-state index is -3.16. The summed E-state index contributed by atoms with van der Waals surface area (Å²) in [5.74, 6) is -0.517. The molecule has 1 saturated heterocycles. The van der Waals surface area contributed by atoms with Gasteiger partial charge in [0.1, 0.15) is 21.3 Å². The zero-order chi connectivity index (χ0) is 29.4. The zero-order valence-corrected chi connectivity index (χ0v) is 24.4. The lowest BCUT2D eigenvalue weighted by Crippen LogP contribution is -2.34. The average molecular weight is 603 g/mol. The van der Waals surface area contributed by atoms with Gasteiger partial charge < -0.3 is 20.4 Å². The first kappa shape index (κ1) is 29.1. The Hall–Kier alpha value is -3.41. The Labute approximate surface area is 243 Å². The summed E-state index contributed by atoms with van der Waals surface area (Å²) in [6.07, 6.45) is 3.21. The lowest BCUT2D eigenvalue weighted by atomic mass is 9.88. The Morgan fingerprint density at radius 1 is 1.22 bits per heavy atom. The van der Waals surface area contributed by atoms with Crippen LogP contribution in [0.5, 0.6) is 11.5 Å². The van der Waals surface area contributed by atoms with Crippen molar-refractivity contribution in [2.45, 2.75) is 44.4 Å². The van der Waals surface area contributed by atoms with Crippen molar-refractivity contribution in [1.82, 2.24) is 9.88 Å². The second kappa shape index (κ2) is 11.5. The summed E-state index contributed by atoms with van der Waals surface area (Å²) in [6.45, 7) is 3.72. The molecule has 3 N–H and O–H groups in total. The molecule has 1 fully saturated rings. The van der Waals surface area contributed by atoms with Crippen molar-refractivity contribution in [3.8, 4) is 11.5 Å². The summed E-state index contributed by atoms with van der Waals surface area (Å²) in [4.78, 5) is 6.85. The fraction of sp³-hybridized carbons (Fsp3) is 0.379. The van der Waals surface area contributed by atoms with E-state index >= 15 is 0 Å². The van der Waals surface area contributed by atoms with Gasteiger partial charge in [0.25, 0.3) is 5.79 Å². The maximum atomic E-state index is 14.8. The van der Waals surface area contributed by atoms with Gasteiger partial charge in [-0.25, -0.2) is 17.8 Å². The second-order valence-electron chi connectivity index (χ2n) is 10.7. The standard InChI is InChI=1S/C29H32ClFN4O5S/c1-29(22-8-7-20(30)16-23(22)31)39-26-5-3-4-21(27(26)40-29)18-10-13-35(14-11-18)17-25-19(12-15-41(2,37)38)6-9-24(33-25)28(32)34-36/h3-9,16,18,36H,10-15,17H2,1-2H3,(H2,32,34). The van der Waals surface area contributed by atoms with Crippen LogP contribution in [0, 0.1) is 5.82 Å². The van der Waals surface area contributed by atoms with Crippen LogP contribution in [-0.4, -0.2) is 54.4 Å². The molecule has 0 bridgehead atoms. The van der Waals surface area contributed by atoms with Gasteiger partial charge in [0.05, 0.1) is 17.0 Å². The fourth-order valence-corrected chi connectivity index (χ4v) is 6.18. The van der Waals surface area contributed by atoms with Crippen molar-refractivity contribution in [1.29, 1.82) is 0 Å². The molecule has 0 amide bonds. The number of fused-ring (bicyclic) bond motifs is 1. The van der Waals surface area contributed by atoms with E-state index in [1.165, 1.54) is 12.3 Å². The molecule has 12 heteroatoms. The van der Waals surface area contributed by atoms with Crippen LogP contribution in [-0.2, 0) is 28.6 Å². The van der Waals surface area contributed by atoms with E-state index in [9.17, 15) is 12.8 Å². The molecule has 3 aromatic rings. The van der Waals surface area contributed by atoms with Gasteiger partial charge in [-0.3, -0.25) is 4.90 Å². The van der Waals surface area contributed by atoms with E-state index in [1.807, 2.05) is 18.2 Å². The van der Waals surface area contributed by atoms with Crippen LogP contribution in [0.25, 0.3) is 0 Å². The number of piperidine rings is 1. The summed E-state index contributed by atoms with van der Waals surface area (Å²) in [7, 11) is -3.16. The van der Waals surface area contributed by atoms with Crippen LogP contribution in [0.3, 0.4) is 0 Å². The largest absolute Gasteiger partial charge is 0.444 e. The number of para-hydroxylation sites is 1. The highest BCUT2D eigenvalue weighted by atomic mass is 35.5. The molecule has 1 aromatic heterocycles. The number of halogens is 2. The number of hydrogen-bond acceptors (Lipinski definition) is 8. The van der Waals surface area contributed by atoms with Crippen molar-refractivity contribution < 1.29 is 27.5 Å². The number of nitrogens with zero attached hydrogens (tertiary/aromatic N) is 3. The predicted molar refractivity (Wildman–Crippen MR) is 154 cm³/mol. The molecule has 0 radical (unpaired) electrons. The summed E-state index contributed by atoms with van der Waals surface area (Å²) in [6, 6.07) is 13.6. The summed E-state index contributed by atoms with van der Waals surface area (Å²) in [5, 5.41) is 12.4. The number of sulfone groups is 1. The highest BCUT2D eigenvalue weighted by Crippen LogP contribution is 2.49. The predicted octanol–water partition coefficient (Wildman–Crippen LogP) is 4.58. The lowest BCUT2D eigenvalue weighted by molar-refractivity contribution is -0.0712.